The zero-order valence-electron chi connectivity index (χ0n) is 11.1. The van der Waals surface area contributed by atoms with E-state index in [9.17, 15) is 0 Å². The fourth-order valence-electron chi connectivity index (χ4n) is 2.00. The number of aromatic nitrogens is 2. The molecule has 0 aliphatic heterocycles. The highest BCUT2D eigenvalue weighted by Crippen LogP contribution is 2.33. The Kier molecular flexibility index (Phi) is 3.23. The quantitative estimate of drug-likeness (QED) is 0.741. The molecule has 0 unspecified atom stereocenters. The molecule has 2 aromatic heterocycles. The topological polar surface area (TPSA) is 63.8 Å². The molecule has 0 saturated carbocycles. The van der Waals surface area contributed by atoms with Gasteiger partial charge in [-0.25, -0.2) is 4.98 Å². The maximum atomic E-state index is 6.04. The molecular weight excluding hydrogens is 292 g/mol. The van der Waals surface area contributed by atoms with Gasteiger partial charge in [-0.2, -0.15) is 4.98 Å². The number of nitrogens with two attached hydrogens (primary N) is 1. The number of benzene rings is 1. The lowest BCUT2D eigenvalue weighted by Crippen LogP contribution is -2.00. The zero-order valence-corrected chi connectivity index (χ0v) is 12.6. The molecule has 0 amide bonds. The van der Waals surface area contributed by atoms with Crippen molar-refractivity contribution in [1.29, 1.82) is 0 Å². The Morgan fingerprint density at radius 3 is 2.55 bits per heavy atom. The average molecular weight is 305 g/mol. The Morgan fingerprint density at radius 2 is 1.85 bits per heavy atom. The maximum absolute atomic E-state index is 6.04. The molecule has 102 valence electrons. The highest BCUT2D eigenvalue weighted by atomic mass is 35.5. The van der Waals surface area contributed by atoms with E-state index in [1.54, 1.807) is 11.3 Å². The summed E-state index contributed by atoms with van der Waals surface area (Å²) >= 11 is 7.49. The molecule has 0 bridgehead atoms. The molecule has 0 aliphatic carbocycles. The molecule has 3 N–H and O–H groups in total. The number of aryl methyl sites for hydroxylation is 2. The fraction of sp³-hybridized carbons (Fsp3) is 0.143. The number of rotatable bonds is 2. The molecule has 20 heavy (non-hydrogen) atoms. The molecule has 3 aromatic rings. The minimum Gasteiger partial charge on any atom is -0.383 e. The normalized spacial score (nSPS) is 10.9. The number of nitrogens with one attached hydrogen (secondary N) is 1. The van der Waals surface area contributed by atoms with Crippen LogP contribution in [0.15, 0.2) is 24.3 Å². The van der Waals surface area contributed by atoms with E-state index in [4.69, 9.17) is 17.3 Å². The number of thiophene rings is 1. The van der Waals surface area contributed by atoms with Crippen molar-refractivity contribution >= 4 is 50.6 Å². The Morgan fingerprint density at radius 1 is 1.15 bits per heavy atom. The van der Waals surface area contributed by atoms with Crippen molar-refractivity contribution in [3.05, 3.63) is 39.7 Å². The largest absolute Gasteiger partial charge is 0.383 e. The highest BCUT2D eigenvalue weighted by Gasteiger charge is 2.12. The van der Waals surface area contributed by atoms with E-state index >= 15 is 0 Å². The summed E-state index contributed by atoms with van der Waals surface area (Å²) in [6, 6.07) is 7.37. The number of anilines is 3. The first-order valence-electron chi connectivity index (χ1n) is 6.10. The molecule has 0 aliphatic rings. The number of fused-ring (bicyclic) bond motifs is 1. The standard InChI is InChI=1S/C14H13ClN4S/c1-7-8(2)20-13-11(7)12(16)18-14(19-13)17-10-5-3-9(15)4-6-10/h3-6H,1-2H3,(H3,16,17,18,19). The first kappa shape index (κ1) is 13.1. The van der Waals surface area contributed by atoms with Gasteiger partial charge in [0, 0.05) is 15.6 Å². The molecule has 3 rings (SSSR count). The van der Waals surface area contributed by atoms with Crippen LogP contribution in [0.2, 0.25) is 5.02 Å². The molecular formula is C14H13ClN4S. The predicted octanol–water partition coefficient (Wildman–Crippen LogP) is 4.29. The lowest BCUT2D eigenvalue weighted by Gasteiger charge is -2.06. The Balaban J connectivity index is 2.02. The third kappa shape index (κ3) is 2.30. The summed E-state index contributed by atoms with van der Waals surface area (Å²) < 4.78 is 0. The summed E-state index contributed by atoms with van der Waals surface area (Å²) in [7, 11) is 0. The van der Waals surface area contributed by atoms with E-state index in [1.165, 1.54) is 4.88 Å². The van der Waals surface area contributed by atoms with Gasteiger partial charge in [0.05, 0.1) is 5.39 Å². The van der Waals surface area contributed by atoms with Gasteiger partial charge in [0.25, 0.3) is 0 Å². The Hall–Kier alpha value is -1.85. The second kappa shape index (κ2) is 4.92. The number of hydrogen-bond acceptors (Lipinski definition) is 5. The van der Waals surface area contributed by atoms with Gasteiger partial charge in [-0.15, -0.1) is 11.3 Å². The van der Waals surface area contributed by atoms with Crippen molar-refractivity contribution in [3.63, 3.8) is 0 Å². The third-order valence-corrected chi connectivity index (χ3v) is 4.51. The van der Waals surface area contributed by atoms with Crippen LogP contribution in [0.5, 0.6) is 0 Å². The van der Waals surface area contributed by atoms with Gasteiger partial charge < -0.3 is 11.1 Å². The second-order valence-corrected chi connectivity index (χ2v) is 6.17. The molecule has 0 radical (unpaired) electrons. The van der Waals surface area contributed by atoms with Crippen LogP contribution in [-0.4, -0.2) is 9.97 Å². The van der Waals surface area contributed by atoms with Crippen LogP contribution < -0.4 is 11.1 Å². The number of nitrogens with zero attached hydrogens (tertiary/aromatic N) is 2. The van der Waals surface area contributed by atoms with Gasteiger partial charge in [0.15, 0.2) is 0 Å². The van der Waals surface area contributed by atoms with E-state index in [0.29, 0.717) is 16.8 Å². The van der Waals surface area contributed by atoms with Gasteiger partial charge >= 0.3 is 0 Å². The summed E-state index contributed by atoms with van der Waals surface area (Å²) in [5.74, 6) is 1.01. The van der Waals surface area contributed by atoms with Crippen molar-refractivity contribution < 1.29 is 0 Å². The Bertz CT molecular complexity index is 780. The average Bonchev–Trinajstić information content (AvgIpc) is 2.68. The molecule has 0 saturated heterocycles. The zero-order chi connectivity index (χ0) is 14.3. The second-order valence-electron chi connectivity index (χ2n) is 4.53. The SMILES string of the molecule is Cc1sc2nc(Nc3ccc(Cl)cc3)nc(N)c2c1C. The summed E-state index contributed by atoms with van der Waals surface area (Å²) in [4.78, 5) is 11.0. The van der Waals surface area contributed by atoms with Gasteiger partial charge in [-0.3, -0.25) is 0 Å². The van der Waals surface area contributed by atoms with Gasteiger partial charge in [0.1, 0.15) is 10.6 Å². The molecule has 0 fully saturated rings. The van der Waals surface area contributed by atoms with E-state index < -0.39 is 0 Å². The van der Waals surface area contributed by atoms with Gasteiger partial charge in [-0.05, 0) is 43.7 Å². The summed E-state index contributed by atoms with van der Waals surface area (Å²) in [5.41, 5.74) is 8.07. The summed E-state index contributed by atoms with van der Waals surface area (Å²) in [6.07, 6.45) is 0. The van der Waals surface area contributed by atoms with E-state index in [0.717, 1.165) is 21.5 Å². The van der Waals surface area contributed by atoms with Crippen LogP contribution in [0.3, 0.4) is 0 Å². The van der Waals surface area contributed by atoms with Crippen molar-refractivity contribution in [1.82, 2.24) is 9.97 Å². The molecule has 0 spiro atoms. The molecule has 4 nitrogen and oxygen atoms in total. The smallest absolute Gasteiger partial charge is 0.230 e. The fourth-order valence-corrected chi connectivity index (χ4v) is 3.16. The summed E-state index contributed by atoms with van der Waals surface area (Å²) in [5, 5.41) is 4.78. The number of halogens is 1. The lowest BCUT2D eigenvalue weighted by molar-refractivity contribution is 1.23. The predicted molar refractivity (Wildman–Crippen MR) is 86.0 cm³/mol. The van der Waals surface area contributed by atoms with Crippen LogP contribution in [0.1, 0.15) is 10.4 Å². The van der Waals surface area contributed by atoms with Gasteiger partial charge in [-0.1, -0.05) is 11.6 Å². The first-order chi connectivity index (χ1) is 9.54. The lowest BCUT2D eigenvalue weighted by atomic mass is 10.2. The highest BCUT2D eigenvalue weighted by molar-refractivity contribution is 7.18. The Labute approximate surface area is 125 Å². The number of nitrogen functional groups attached to an aromatic ring is 1. The minimum absolute atomic E-state index is 0.499. The van der Waals surface area contributed by atoms with E-state index in [1.807, 2.05) is 31.2 Å². The van der Waals surface area contributed by atoms with Crippen LogP contribution in [-0.2, 0) is 0 Å². The van der Waals surface area contributed by atoms with Crippen LogP contribution in [0.4, 0.5) is 17.5 Å². The third-order valence-electron chi connectivity index (χ3n) is 3.16. The maximum Gasteiger partial charge on any atom is 0.230 e. The molecule has 1 aromatic carbocycles. The van der Waals surface area contributed by atoms with Crippen molar-refractivity contribution in [2.75, 3.05) is 11.1 Å². The van der Waals surface area contributed by atoms with Gasteiger partial charge in [0.2, 0.25) is 5.95 Å². The van der Waals surface area contributed by atoms with Crippen molar-refractivity contribution in [3.8, 4) is 0 Å². The van der Waals surface area contributed by atoms with E-state index in [2.05, 4.69) is 22.2 Å². The van der Waals surface area contributed by atoms with E-state index in [-0.39, 0.29) is 0 Å². The number of hydrogen-bond donors (Lipinski definition) is 2. The van der Waals surface area contributed by atoms with Crippen LogP contribution >= 0.6 is 22.9 Å². The first-order valence-corrected chi connectivity index (χ1v) is 7.30. The molecule has 2 heterocycles. The minimum atomic E-state index is 0.499. The van der Waals surface area contributed by atoms with Crippen LogP contribution in [0, 0.1) is 13.8 Å². The van der Waals surface area contributed by atoms with Crippen molar-refractivity contribution in [2.45, 2.75) is 13.8 Å². The van der Waals surface area contributed by atoms with Crippen LogP contribution in [0.25, 0.3) is 10.2 Å². The van der Waals surface area contributed by atoms with Crippen molar-refractivity contribution in [2.24, 2.45) is 0 Å². The molecule has 6 heteroatoms. The monoisotopic (exact) mass is 304 g/mol. The molecule has 0 atom stereocenters. The summed E-state index contributed by atoms with van der Waals surface area (Å²) in [6.45, 7) is 4.10.